The summed E-state index contributed by atoms with van der Waals surface area (Å²) in [5.74, 6) is 0.0257. The zero-order chi connectivity index (χ0) is 12.4. The Kier molecular flexibility index (Phi) is 4.19. The van der Waals surface area contributed by atoms with Crippen LogP contribution in [-0.2, 0) is 0 Å². The molecule has 1 aliphatic heterocycles. The van der Waals surface area contributed by atoms with Crippen molar-refractivity contribution in [2.75, 3.05) is 19.6 Å². The zero-order valence-electron chi connectivity index (χ0n) is 9.50. The predicted molar refractivity (Wildman–Crippen MR) is 71.5 cm³/mol. The summed E-state index contributed by atoms with van der Waals surface area (Å²) in [6.07, 6.45) is -0.358. The van der Waals surface area contributed by atoms with Crippen LogP contribution < -0.4 is 10.6 Å². The van der Waals surface area contributed by atoms with E-state index in [1.807, 2.05) is 13.0 Å². The van der Waals surface area contributed by atoms with E-state index in [1.54, 1.807) is 11.3 Å². The molecule has 2 unspecified atom stereocenters. The number of carbonyl (C=O) groups excluding carboxylic acids is 1. The van der Waals surface area contributed by atoms with Crippen LogP contribution >= 0.6 is 27.3 Å². The highest BCUT2D eigenvalue weighted by molar-refractivity contribution is 9.11. The second kappa shape index (κ2) is 5.48. The molecule has 4 nitrogen and oxygen atoms in total. The fourth-order valence-corrected chi connectivity index (χ4v) is 3.67. The van der Waals surface area contributed by atoms with Crippen LogP contribution in [0.3, 0.4) is 0 Å². The van der Waals surface area contributed by atoms with Crippen molar-refractivity contribution < 1.29 is 9.90 Å². The summed E-state index contributed by atoms with van der Waals surface area (Å²) in [6, 6.07) is 1.87. The number of aliphatic hydroxyl groups is 1. The first-order valence-corrected chi connectivity index (χ1v) is 7.12. The fraction of sp³-hybridized carbons (Fsp3) is 0.545. The standard InChI is InChI=1S/C11H15BrN2O2S/c1-6-2-8(10(12)17-6)11(16)14-4-7-3-13-5-9(7)15/h2,7,9,13,15H,3-5H2,1H3,(H,14,16). The molecule has 2 atom stereocenters. The largest absolute Gasteiger partial charge is 0.391 e. The van der Waals surface area contributed by atoms with Gasteiger partial charge in [-0.3, -0.25) is 4.79 Å². The first kappa shape index (κ1) is 13.0. The Morgan fingerprint density at radius 3 is 3.00 bits per heavy atom. The minimum absolute atomic E-state index is 0.0830. The Morgan fingerprint density at radius 2 is 2.47 bits per heavy atom. The highest BCUT2D eigenvalue weighted by Gasteiger charge is 2.25. The second-order valence-electron chi connectivity index (χ2n) is 4.24. The normalized spacial score (nSPS) is 23.9. The van der Waals surface area contributed by atoms with Gasteiger partial charge in [0.15, 0.2) is 0 Å². The number of carbonyl (C=O) groups is 1. The summed E-state index contributed by atoms with van der Waals surface area (Å²) in [5.41, 5.74) is 0.674. The highest BCUT2D eigenvalue weighted by atomic mass is 79.9. The molecule has 2 heterocycles. The van der Waals surface area contributed by atoms with Gasteiger partial charge in [-0.15, -0.1) is 11.3 Å². The van der Waals surface area contributed by atoms with Crippen LogP contribution in [0.4, 0.5) is 0 Å². The van der Waals surface area contributed by atoms with Crippen LogP contribution in [-0.4, -0.2) is 36.8 Å². The lowest BCUT2D eigenvalue weighted by Crippen LogP contribution is -2.34. The van der Waals surface area contributed by atoms with E-state index in [-0.39, 0.29) is 17.9 Å². The fourth-order valence-electron chi connectivity index (χ4n) is 1.89. The SMILES string of the molecule is Cc1cc(C(=O)NCC2CNCC2O)c(Br)s1. The van der Waals surface area contributed by atoms with Crippen molar-refractivity contribution in [1.29, 1.82) is 0 Å². The van der Waals surface area contributed by atoms with E-state index in [1.165, 1.54) is 0 Å². The number of thiophene rings is 1. The molecule has 6 heteroatoms. The van der Waals surface area contributed by atoms with E-state index in [0.717, 1.165) is 15.2 Å². The van der Waals surface area contributed by atoms with E-state index in [2.05, 4.69) is 26.6 Å². The Labute approximate surface area is 113 Å². The minimum Gasteiger partial charge on any atom is -0.391 e. The maximum atomic E-state index is 11.9. The number of hydrogen-bond donors (Lipinski definition) is 3. The molecule has 0 radical (unpaired) electrons. The molecule has 94 valence electrons. The van der Waals surface area contributed by atoms with Crippen molar-refractivity contribution >= 4 is 33.2 Å². The van der Waals surface area contributed by atoms with Crippen molar-refractivity contribution in [3.63, 3.8) is 0 Å². The number of aryl methyl sites for hydroxylation is 1. The number of nitrogens with one attached hydrogen (secondary N) is 2. The number of β-amino-alcohol motifs (C(OH)–C–C–N with tert-alkyl or cyclic N) is 1. The first-order chi connectivity index (χ1) is 8.08. The summed E-state index contributed by atoms with van der Waals surface area (Å²) in [5, 5.41) is 15.6. The molecule has 0 aromatic carbocycles. The van der Waals surface area contributed by atoms with Crippen molar-refractivity contribution in [2.24, 2.45) is 5.92 Å². The van der Waals surface area contributed by atoms with Gasteiger partial charge in [0.25, 0.3) is 5.91 Å². The topological polar surface area (TPSA) is 61.4 Å². The quantitative estimate of drug-likeness (QED) is 0.783. The second-order valence-corrected chi connectivity index (χ2v) is 6.81. The molecule has 0 bridgehead atoms. The monoisotopic (exact) mass is 318 g/mol. The molecule has 1 saturated heterocycles. The Balaban J connectivity index is 1.91. The summed E-state index contributed by atoms with van der Waals surface area (Å²) in [6.45, 7) is 3.85. The average Bonchev–Trinajstić information content (AvgIpc) is 2.81. The van der Waals surface area contributed by atoms with Gasteiger partial charge in [0, 0.05) is 30.4 Å². The van der Waals surface area contributed by atoms with Gasteiger partial charge >= 0.3 is 0 Å². The van der Waals surface area contributed by atoms with Crippen LogP contribution in [0.2, 0.25) is 0 Å². The molecular formula is C11H15BrN2O2S. The number of halogens is 1. The third kappa shape index (κ3) is 3.07. The molecule has 1 amide bonds. The van der Waals surface area contributed by atoms with Gasteiger partial charge in [0.2, 0.25) is 0 Å². The highest BCUT2D eigenvalue weighted by Crippen LogP contribution is 2.27. The Morgan fingerprint density at radius 1 is 1.71 bits per heavy atom. The Bertz CT molecular complexity index is 422. The maximum absolute atomic E-state index is 11.9. The van der Waals surface area contributed by atoms with Gasteiger partial charge in [-0.1, -0.05) is 0 Å². The third-order valence-corrected chi connectivity index (χ3v) is 4.64. The van der Waals surface area contributed by atoms with Crippen LogP contribution in [0.5, 0.6) is 0 Å². The van der Waals surface area contributed by atoms with Gasteiger partial charge in [-0.25, -0.2) is 0 Å². The number of aliphatic hydroxyl groups excluding tert-OH is 1. The minimum atomic E-state index is -0.358. The van der Waals surface area contributed by atoms with Gasteiger partial charge in [-0.2, -0.15) is 0 Å². The zero-order valence-corrected chi connectivity index (χ0v) is 11.9. The summed E-state index contributed by atoms with van der Waals surface area (Å²) in [4.78, 5) is 13.0. The molecule has 1 fully saturated rings. The summed E-state index contributed by atoms with van der Waals surface area (Å²) >= 11 is 4.93. The smallest absolute Gasteiger partial charge is 0.253 e. The number of rotatable bonds is 3. The van der Waals surface area contributed by atoms with Crippen molar-refractivity contribution in [3.05, 3.63) is 20.3 Å². The number of hydrogen-bond acceptors (Lipinski definition) is 4. The molecule has 0 spiro atoms. The van der Waals surface area contributed by atoms with E-state index in [4.69, 9.17) is 0 Å². The van der Waals surface area contributed by atoms with Gasteiger partial charge in [0.1, 0.15) is 0 Å². The van der Waals surface area contributed by atoms with E-state index < -0.39 is 0 Å². The lowest BCUT2D eigenvalue weighted by molar-refractivity contribution is 0.0927. The molecular weight excluding hydrogens is 304 g/mol. The lowest BCUT2D eigenvalue weighted by atomic mass is 10.1. The van der Waals surface area contributed by atoms with Crippen LogP contribution in [0.15, 0.2) is 9.85 Å². The van der Waals surface area contributed by atoms with E-state index >= 15 is 0 Å². The van der Waals surface area contributed by atoms with Gasteiger partial charge in [0.05, 0.1) is 15.5 Å². The van der Waals surface area contributed by atoms with Crippen molar-refractivity contribution in [2.45, 2.75) is 13.0 Å². The van der Waals surface area contributed by atoms with Crippen LogP contribution in [0.25, 0.3) is 0 Å². The van der Waals surface area contributed by atoms with Crippen LogP contribution in [0.1, 0.15) is 15.2 Å². The van der Waals surface area contributed by atoms with Gasteiger partial charge < -0.3 is 15.7 Å². The van der Waals surface area contributed by atoms with Crippen LogP contribution in [0, 0.1) is 12.8 Å². The molecule has 0 saturated carbocycles. The molecule has 1 aliphatic rings. The Hall–Kier alpha value is -0.430. The molecule has 0 aliphatic carbocycles. The summed E-state index contributed by atoms with van der Waals surface area (Å²) < 4.78 is 0.859. The maximum Gasteiger partial charge on any atom is 0.253 e. The lowest BCUT2D eigenvalue weighted by Gasteiger charge is -2.13. The molecule has 1 aromatic heterocycles. The molecule has 2 rings (SSSR count). The molecule has 17 heavy (non-hydrogen) atoms. The molecule has 3 N–H and O–H groups in total. The number of amides is 1. The average molecular weight is 319 g/mol. The first-order valence-electron chi connectivity index (χ1n) is 5.51. The third-order valence-electron chi connectivity index (χ3n) is 2.88. The van der Waals surface area contributed by atoms with Gasteiger partial charge in [-0.05, 0) is 28.9 Å². The van der Waals surface area contributed by atoms with E-state index in [0.29, 0.717) is 18.7 Å². The van der Waals surface area contributed by atoms with Crippen molar-refractivity contribution in [1.82, 2.24) is 10.6 Å². The predicted octanol–water partition coefficient (Wildman–Crippen LogP) is 1.13. The van der Waals surface area contributed by atoms with E-state index in [9.17, 15) is 9.90 Å². The van der Waals surface area contributed by atoms with Crippen molar-refractivity contribution in [3.8, 4) is 0 Å². The molecule has 1 aromatic rings. The summed E-state index contributed by atoms with van der Waals surface area (Å²) in [7, 11) is 0.